The molecule has 0 saturated carbocycles. The van der Waals surface area contributed by atoms with Crippen LogP contribution in [-0.4, -0.2) is 52.2 Å². The average Bonchev–Trinajstić information content (AvgIpc) is 2.91. The molecule has 4 rings (SSSR count). The van der Waals surface area contributed by atoms with Gasteiger partial charge in [0.05, 0.1) is 28.4 Å². The number of nitrogens with zero attached hydrogens (tertiary/aromatic N) is 1. The van der Waals surface area contributed by atoms with Gasteiger partial charge in [0.15, 0.2) is 28.8 Å². The predicted octanol–water partition coefficient (Wildman–Crippen LogP) is 5.27. The Bertz CT molecular complexity index is 1200. The van der Waals surface area contributed by atoms with E-state index in [1.807, 2.05) is 66.7 Å². The Labute approximate surface area is 212 Å². The van der Waals surface area contributed by atoms with Crippen molar-refractivity contribution in [2.45, 2.75) is 6.54 Å². The third-order valence-electron chi connectivity index (χ3n) is 6.12. The molecule has 1 aliphatic rings. The number of rotatable bonds is 8. The highest BCUT2D eigenvalue weighted by molar-refractivity contribution is 6.14. The van der Waals surface area contributed by atoms with Gasteiger partial charge in [0, 0.05) is 30.8 Å². The van der Waals surface area contributed by atoms with E-state index in [0.29, 0.717) is 36.1 Å². The highest BCUT2D eigenvalue weighted by Gasteiger charge is 2.26. The summed E-state index contributed by atoms with van der Waals surface area (Å²) in [5.74, 6) is 2.57. The predicted molar refractivity (Wildman–Crippen MR) is 142 cm³/mol. The minimum Gasteiger partial charge on any atom is -0.493 e. The molecule has 0 spiro atoms. The molecule has 1 heterocycles. The fraction of sp³-hybridized carbons (Fsp3) is 0.233. The zero-order valence-corrected chi connectivity index (χ0v) is 21.1. The van der Waals surface area contributed by atoms with Gasteiger partial charge in [0.1, 0.15) is 0 Å². The molecule has 1 fully saturated rings. The van der Waals surface area contributed by atoms with E-state index >= 15 is 0 Å². The van der Waals surface area contributed by atoms with Crippen LogP contribution in [-0.2, 0) is 11.3 Å². The molecule has 0 atom stereocenters. The van der Waals surface area contributed by atoms with Gasteiger partial charge in [0.25, 0.3) is 0 Å². The lowest BCUT2D eigenvalue weighted by Gasteiger charge is -2.30. The minimum absolute atomic E-state index is 0.0314. The smallest absolute Gasteiger partial charge is 0.187 e. The van der Waals surface area contributed by atoms with Crippen LogP contribution in [0.15, 0.2) is 77.9 Å². The van der Waals surface area contributed by atoms with E-state index in [1.165, 1.54) is 5.56 Å². The summed E-state index contributed by atoms with van der Waals surface area (Å²) in [5, 5.41) is 0. The Morgan fingerprint density at radius 3 is 1.58 bits per heavy atom. The number of hydrogen-bond acceptors (Lipinski definition) is 6. The highest BCUT2D eigenvalue weighted by atomic mass is 16.5. The van der Waals surface area contributed by atoms with E-state index in [2.05, 4.69) is 17.0 Å². The van der Waals surface area contributed by atoms with Crippen molar-refractivity contribution in [2.24, 2.45) is 0 Å². The molecular weight excluding hydrogens is 454 g/mol. The number of piperidine rings is 1. The lowest BCUT2D eigenvalue weighted by molar-refractivity contribution is -0.113. The fourth-order valence-corrected chi connectivity index (χ4v) is 4.35. The molecule has 3 aromatic carbocycles. The van der Waals surface area contributed by atoms with Crippen molar-refractivity contribution in [1.29, 1.82) is 0 Å². The normalized spacial score (nSPS) is 16.3. The van der Waals surface area contributed by atoms with Crippen molar-refractivity contribution >= 4 is 17.9 Å². The second-order valence-electron chi connectivity index (χ2n) is 8.53. The Hall–Kier alpha value is -4.03. The van der Waals surface area contributed by atoms with E-state index in [-0.39, 0.29) is 5.78 Å². The zero-order valence-electron chi connectivity index (χ0n) is 21.1. The first-order valence-corrected chi connectivity index (χ1v) is 11.7. The van der Waals surface area contributed by atoms with Gasteiger partial charge in [0.2, 0.25) is 0 Å². The quantitative estimate of drug-likeness (QED) is 0.405. The largest absolute Gasteiger partial charge is 0.493 e. The first-order valence-electron chi connectivity index (χ1n) is 11.7. The van der Waals surface area contributed by atoms with E-state index in [9.17, 15) is 4.79 Å². The number of methoxy groups -OCH3 is 4. The first kappa shape index (κ1) is 25.1. The second kappa shape index (κ2) is 11.6. The number of likely N-dealkylation sites (tertiary alicyclic amines) is 1. The summed E-state index contributed by atoms with van der Waals surface area (Å²) in [6, 6.07) is 21.6. The number of carbonyl (C=O) groups is 1. The Balaban J connectivity index is 1.71. The van der Waals surface area contributed by atoms with Gasteiger partial charge in [-0.2, -0.15) is 0 Å². The summed E-state index contributed by atoms with van der Waals surface area (Å²) in [6.45, 7) is 1.83. The van der Waals surface area contributed by atoms with Crippen molar-refractivity contribution in [3.8, 4) is 23.0 Å². The second-order valence-corrected chi connectivity index (χ2v) is 8.53. The zero-order chi connectivity index (χ0) is 25.5. The summed E-state index contributed by atoms with van der Waals surface area (Å²) >= 11 is 0. The van der Waals surface area contributed by atoms with Gasteiger partial charge in [-0.15, -0.1) is 0 Å². The SMILES string of the molecule is COc1ccc(/C=C2\CN(Cc3ccccc3)C/C(=C\c3ccc(OC)c(OC)c3)C2=O)cc1OC. The molecule has 0 amide bonds. The summed E-state index contributed by atoms with van der Waals surface area (Å²) in [5.41, 5.74) is 4.39. The van der Waals surface area contributed by atoms with Crippen molar-refractivity contribution in [1.82, 2.24) is 4.90 Å². The molecule has 1 aliphatic heterocycles. The molecule has 6 nitrogen and oxygen atoms in total. The minimum atomic E-state index is 0.0314. The Morgan fingerprint density at radius 2 is 1.14 bits per heavy atom. The maximum Gasteiger partial charge on any atom is 0.187 e. The van der Waals surface area contributed by atoms with Gasteiger partial charge >= 0.3 is 0 Å². The highest BCUT2D eigenvalue weighted by Crippen LogP contribution is 2.31. The molecular formula is C30H31NO5. The maximum atomic E-state index is 13.6. The van der Waals surface area contributed by atoms with Crippen LogP contribution < -0.4 is 18.9 Å². The molecule has 0 aliphatic carbocycles. The van der Waals surface area contributed by atoms with Gasteiger partial charge in [-0.25, -0.2) is 0 Å². The van der Waals surface area contributed by atoms with Crippen LogP contribution in [0.25, 0.3) is 12.2 Å². The fourth-order valence-electron chi connectivity index (χ4n) is 4.35. The number of Topliss-reactive ketones (excluding diaryl/α,β-unsaturated/α-hetero) is 1. The van der Waals surface area contributed by atoms with Crippen LogP contribution >= 0.6 is 0 Å². The van der Waals surface area contributed by atoms with Crippen LogP contribution in [0.1, 0.15) is 16.7 Å². The van der Waals surface area contributed by atoms with E-state index in [1.54, 1.807) is 28.4 Å². The van der Waals surface area contributed by atoms with Crippen LogP contribution in [0.5, 0.6) is 23.0 Å². The summed E-state index contributed by atoms with van der Waals surface area (Å²) < 4.78 is 21.6. The molecule has 0 bridgehead atoms. The number of ketones is 1. The molecule has 6 heteroatoms. The van der Waals surface area contributed by atoms with Crippen LogP contribution in [0.3, 0.4) is 0 Å². The Kier molecular flexibility index (Phi) is 8.08. The molecule has 0 unspecified atom stereocenters. The third-order valence-corrected chi connectivity index (χ3v) is 6.12. The lowest BCUT2D eigenvalue weighted by Crippen LogP contribution is -2.37. The molecule has 0 radical (unpaired) electrons. The number of ether oxygens (including phenoxy) is 4. The first-order chi connectivity index (χ1) is 17.5. The van der Waals surface area contributed by atoms with Crippen molar-refractivity contribution in [3.05, 3.63) is 94.6 Å². The Morgan fingerprint density at radius 1 is 0.667 bits per heavy atom. The molecule has 36 heavy (non-hydrogen) atoms. The number of carbonyl (C=O) groups excluding carboxylic acids is 1. The number of hydrogen-bond donors (Lipinski definition) is 0. The number of benzene rings is 3. The summed E-state index contributed by atoms with van der Waals surface area (Å²) in [4.78, 5) is 15.9. The average molecular weight is 486 g/mol. The maximum absolute atomic E-state index is 13.6. The molecule has 1 saturated heterocycles. The standard InChI is InChI=1S/C30H31NO5/c1-33-26-12-10-22(16-28(26)35-3)14-24-19-31(18-21-8-6-5-7-9-21)20-25(30(24)32)15-23-11-13-27(34-2)29(17-23)36-4/h5-17H,18-20H2,1-4H3/b24-14+,25-15+. The van der Waals surface area contributed by atoms with Crippen LogP contribution in [0, 0.1) is 0 Å². The van der Waals surface area contributed by atoms with Crippen molar-refractivity contribution < 1.29 is 23.7 Å². The van der Waals surface area contributed by atoms with E-state index in [0.717, 1.165) is 28.8 Å². The van der Waals surface area contributed by atoms with Crippen molar-refractivity contribution in [3.63, 3.8) is 0 Å². The summed E-state index contributed by atoms with van der Waals surface area (Å²) in [6.07, 6.45) is 3.87. The molecule has 0 aromatic heterocycles. The van der Waals surface area contributed by atoms with E-state index in [4.69, 9.17) is 18.9 Å². The monoisotopic (exact) mass is 485 g/mol. The van der Waals surface area contributed by atoms with Gasteiger partial charge in [-0.3, -0.25) is 9.69 Å². The molecule has 0 N–H and O–H groups in total. The molecule has 3 aromatic rings. The van der Waals surface area contributed by atoms with Crippen molar-refractivity contribution in [2.75, 3.05) is 41.5 Å². The van der Waals surface area contributed by atoms with Crippen LogP contribution in [0.4, 0.5) is 0 Å². The van der Waals surface area contributed by atoms with Crippen LogP contribution in [0.2, 0.25) is 0 Å². The third kappa shape index (κ3) is 5.78. The topological polar surface area (TPSA) is 57.2 Å². The van der Waals surface area contributed by atoms with E-state index < -0.39 is 0 Å². The van der Waals surface area contributed by atoms with Gasteiger partial charge in [-0.05, 0) is 53.1 Å². The lowest BCUT2D eigenvalue weighted by atomic mass is 9.93. The summed E-state index contributed by atoms with van der Waals surface area (Å²) in [7, 11) is 6.42. The van der Waals surface area contributed by atoms with Gasteiger partial charge in [-0.1, -0.05) is 42.5 Å². The molecule has 186 valence electrons. The van der Waals surface area contributed by atoms with Gasteiger partial charge < -0.3 is 18.9 Å².